The Balaban J connectivity index is 1.59. The molecule has 2 amide bonds. The number of benzene rings is 2. The van der Waals surface area contributed by atoms with Gasteiger partial charge in [0.1, 0.15) is 0 Å². The van der Waals surface area contributed by atoms with Gasteiger partial charge in [-0.05, 0) is 24.3 Å². The molecule has 0 atom stereocenters. The van der Waals surface area contributed by atoms with E-state index < -0.39 is 5.91 Å². The first-order chi connectivity index (χ1) is 15.9. The number of nitrogens with zero attached hydrogens (tertiary/aromatic N) is 3. The minimum Gasteiger partial charge on any atom is -0.493 e. The Kier molecular flexibility index (Phi) is 6.13. The zero-order valence-electron chi connectivity index (χ0n) is 18.3. The zero-order valence-corrected chi connectivity index (χ0v) is 19.1. The van der Waals surface area contributed by atoms with Crippen molar-refractivity contribution in [2.24, 2.45) is 0 Å². The van der Waals surface area contributed by atoms with Gasteiger partial charge in [0.25, 0.3) is 11.9 Å². The Bertz CT molecular complexity index is 1300. The third-order valence-electron chi connectivity index (χ3n) is 4.73. The van der Waals surface area contributed by atoms with Crippen molar-refractivity contribution in [1.29, 1.82) is 0 Å². The summed E-state index contributed by atoms with van der Waals surface area (Å²) in [6.45, 7) is 1.46. The molecule has 0 radical (unpaired) electrons. The Morgan fingerprint density at radius 3 is 2.21 bits per heavy atom. The number of rotatable bonds is 7. The van der Waals surface area contributed by atoms with E-state index in [4.69, 9.17) is 14.2 Å². The molecule has 4 rings (SSSR count). The van der Waals surface area contributed by atoms with Crippen LogP contribution < -0.4 is 24.8 Å². The number of fused-ring (bicyclic) bond motifs is 1. The largest absolute Gasteiger partial charge is 0.493 e. The monoisotopic (exact) mass is 467 g/mol. The van der Waals surface area contributed by atoms with E-state index in [1.807, 2.05) is 29.6 Å². The first-order valence-corrected chi connectivity index (χ1v) is 10.6. The summed E-state index contributed by atoms with van der Waals surface area (Å²) in [6.07, 6.45) is 0. The highest BCUT2D eigenvalue weighted by Gasteiger charge is 2.19. The van der Waals surface area contributed by atoms with Crippen LogP contribution in [0.4, 0.5) is 11.6 Å². The maximum absolute atomic E-state index is 12.8. The van der Waals surface area contributed by atoms with Crippen LogP contribution in [0, 0.1) is 0 Å². The summed E-state index contributed by atoms with van der Waals surface area (Å²) < 4.78 is 17.6. The molecule has 0 aliphatic carbocycles. The predicted molar refractivity (Wildman–Crippen MR) is 125 cm³/mol. The van der Waals surface area contributed by atoms with Gasteiger partial charge in [-0.25, -0.2) is 4.52 Å². The van der Waals surface area contributed by atoms with Gasteiger partial charge in [0, 0.05) is 29.1 Å². The number of methoxy groups -OCH3 is 3. The lowest BCUT2D eigenvalue weighted by molar-refractivity contribution is -0.114. The molecule has 4 aromatic rings. The van der Waals surface area contributed by atoms with Crippen molar-refractivity contribution in [1.82, 2.24) is 14.6 Å². The average molecular weight is 468 g/mol. The first kappa shape index (κ1) is 22.1. The van der Waals surface area contributed by atoms with Crippen molar-refractivity contribution in [3.8, 4) is 28.5 Å². The summed E-state index contributed by atoms with van der Waals surface area (Å²) in [5.41, 5.74) is 2.71. The number of anilines is 2. The van der Waals surface area contributed by atoms with Gasteiger partial charge in [-0.2, -0.15) is 4.98 Å². The molecule has 11 heteroatoms. The van der Waals surface area contributed by atoms with E-state index in [0.717, 1.165) is 11.3 Å². The number of nitrogens with one attached hydrogen (secondary N) is 2. The number of hydrogen-bond donors (Lipinski definition) is 2. The van der Waals surface area contributed by atoms with Crippen LogP contribution in [-0.4, -0.2) is 47.7 Å². The molecule has 0 fully saturated rings. The number of carbonyl (C=O) groups excluding carboxylic acids is 2. The van der Waals surface area contributed by atoms with Crippen molar-refractivity contribution in [2.45, 2.75) is 6.92 Å². The van der Waals surface area contributed by atoms with E-state index in [2.05, 4.69) is 20.7 Å². The molecule has 170 valence electrons. The molecule has 0 saturated carbocycles. The fraction of sp³-hybridized carbons (Fsp3) is 0.182. The van der Waals surface area contributed by atoms with E-state index in [1.54, 1.807) is 16.6 Å². The second kappa shape index (κ2) is 9.17. The van der Waals surface area contributed by atoms with Crippen LogP contribution in [0.2, 0.25) is 0 Å². The van der Waals surface area contributed by atoms with Crippen LogP contribution in [0.5, 0.6) is 17.2 Å². The normalized spacial score (nSPS) is 10.7. The highest BCUT2D eigenvalue weighted by molar-refractivity contribution is 7.15. The van der Waals surface area contributed by atoms with Crippen LogP contribution in [0.25, 0.3) is 16.2 Å². The Hall–Kier alpha value is -4.12. The van der Waals surface area contributed by atoms with Gasteiger partial charge in [-0.3, -0.25) is 14.9 Å². The molecular formula is C22H21N5O5S. The van der Waals surface area contributed by atoms with Crippen LogP contribution in [0.1, 0.15) is 17.3 Å². The summed E-state index contributed by atoms with van der Waals surface area (Å²) in [7, 11) is 4.45. The summed E-state index contributed by atoms with van der Waals surface area (Å²) in [4.78, 5) is 29.1. The summed E-state index contributed by atoms with van der Waals surface area (Å²) >= 11 is 1.40. The first-order valence-electron chi connectivity index (χ1n) is 9.77. The molecule has 0 aliphatic heterocycles. The van der Waals surface area contributed by atoms with E-state index in [-0.39, 0.29) is 11.9 Å². The van der Waals surface area contributed by atoms with Gasteiger partial charge in [0.05, 0.1) is 27.0 Å². The minimum atomic E-state index is -0.422. The van der Waals surface area contributed by atoms with Crippen LogP contribution in [-0.2, 0) is 4.79 Å². The average Bonchev–Trinajstić information content (AvgIpc) is 3.38. The zero-order chi connectivity index (χ0) is 23.5. The van der Waals surface area contributed by atoms with E-state index in [0.29, 0.717) is 33.5 Å². The number of carbonyl (C=O) groups is 2. The fourth-order valence-corrected chi connectivity index (χ4v) is 4.08. The highest BCUT2D eigenvalue weighted by atomic mass is 32.1. The van der Waals surface area contributed by atoms with Gasteiger partial charge >= 0.3 is 0 Å². The lowest BCUT2D eigenvalue weighted by Crippen LogP contribution is -2.14. The third-order valence-corrected chi connectivity index (χ3v) is 5.55. The SMILES string of the molecule is COc1cc(C(=O)Nc2nc3scc(-c4ccc(NC(C)=O)cc4)n3n2)cc(OC)c1OC. The quantitative estimate of drug-likeness (QED) is 0.426. The minimum absolute atomic E-state index is 0.135. The molecule has 0 spiro atoms. The second-order valence-electron chi connectivity index (χ2n) is 6.88. The highest BCUT2D eigenvalue weighted by Crippen LogP contribution is 2.38. The number of amides is 2. The number of thiazole rings is 1. The van der Waals surface area contributed by atoms with Crippen molar-refractivity contribution >= 4 is 39.7 Å². The summed E-state index contributed by atoms with van der Waals surface area (Å²) in [5.74, 6) is 0.734. The molecule has 33 heavy (non-hydrogen) atoms. The Morgan fingerprint density at radius 2 is 1.64 bits per heavy atom. The maximum atomic E-state index is 12.8. The molecule has 0 unspecified atom stereocenters. The number of ether oxygens (including phenoxy) is 3. The molecule has 2 N–H and O–H groups in total. The lowest BCUT2D eigenvalue weighted by atomic mass is 10.1. The molecule has 2 aromatic carbocycles. The summed E-state index contributed by atoms with van der Waals surface area (Å²) in [6, 6.07) is 10.5. The second-order valence-corrected chi connectivity index (χ2v) is 7.71. The van der Waals surface area contributed by atoms with Gasteiger partial charge in [0.2, 0.25) is 16.6 Å². The van der Waals surface area contributed by atoms with Crippen molar-refractivity contribution in [3.63, 3.8) is 0 Å². The van der Waals surface area contributed by atoms with E-state index in [1.165, 1.54) is 39.6 Å². The molecule has 10 nitrogen and oxygen atoms in total. The number of hydrogen-bond acceptors (Lipinski definition) is 8. The van der Waals surface area contributed by atoms with Gasteiger partial charge in [-0.1, -0.05) is 12.1 Å². The van der Waals surface area contributed by atoms with Gasteiger partial charge in [0.15, 0.2) is 11.5 Å². The van der Waals surface area contributed by atoms with Crippen molar-refractivity contribution in [2.75, 3.05) is 32.0 Å². The molecule has 0 bridgehead atoms. The Morgan fingerprint density at radius 1 is 0.970 bits per heavy atom. The topological polar surface area (TPSA) is 116 Å². The van der Waals surface area contributed by atoms with Gasteiger partial charge in [-0.15, -0.1) is 16.4 Å². The summed E-state index contributed by atoms with van der Waals surface area (Å²) in [5, 5.41) is 11.8. The lowest BCUT2D eigenvalue weighted by Gasteiger charge is -2.13. The molecule has 2 heterocycles. The number of aromatic nitrogens is 3. The fourth-order valence-electron chi connectivity index (χ4n) is 3.25. The predicted octanol–water partition coefficient (Wildman–Crippen LogP) is 3.69. The van der Waals surface area contributed by atoms with E-state index >= 15 is 0 Å². The molecular weight excluding hydrogens is 446 g/mol. The van der Waals surface area contributed by atoms with Crippen molar-refractivity contribution < 1.29 is 23.8 Å². The molecule has 0 aliphatic rings. The van der Waals surface area contributed by atoms with E-state index in [9.17, 15) is 9.59 Å². The maximum Gasteiger partial charge on any atom is 0.258 e. The standard InChI is InChI=1S/C22H21N5O5S/c1-12(28)23-15-7-5-13(6-8-15)16-11-33-22-25-21(26-27(16)22)24-20(29)14-9-17(30-2)19(32-4)18(10-14)31-3/h5-11H,1-4H3,(H,23,28)(H,24,26,29). The smallest absolute Gasteiger partial charge is 0.258 e. The Labute approximate surface area is 193 Å². The van der Waals surface area contributed by atoms with Gasteiger partial charge < -0.3 is 19.5 Å². The van der Waals surface area contributed by atoms with Crippen LogP contribution >= 0.6 is 11.3 Å². The molecule has 0 saturated heterocycles. The molecule has 2 aromatic heterocycles. The van der Waals surface area contributed by atoms with Crippen molar-refractivity contribution in [3.05, 3.63) is 47.3 Å². The third kappa shape index (κ3) is 4.44. The van der Waals surface area contributed by atoms with Crippen LogP contribution in [0.15, 0.2) is 41.8 Å². The van der Waals surface area contributed by atoms with Crippen LogP contribution in [0.3, 0.4) is 0 Å².